The smallest absolute Gasteiger partial charge is 0.272 e. The van der Waals surface area contributed by atoms with Crippen LogP contribution in [0.15, 0.2) is 53.5 Å². The van der Waals surface area contributed by atoms with Crippen molar-refractivity contribution in [2.45, 2.75) is 19.5 Å². The summed E-state index contributed by atoms with van der Waals surface area (Å²) in [5, 5.41) is 7.06. The van der Waals surface area contributed by atoms with Crippen LogP contribution in [0.4, 0.5) is 8.78 Å². The molecule has 0 aliphatic rings. The van der Waals surface area contributed by atoms with Crippen molar-refractivity contribution in [2.75, 3.05) is 13.7 Å². The molecule has 0 amide bonds. The van der Waals surface area contributed by atoms with Crippen LogP contribution in [0, 0.1) is 0 Å². The maximum absolute atomic E-state index is 12.2. The van der Waals surface area contributed by atoms with Gasteiger partial charge in [-0.1, -0.05) is 35.9 Å². The molecule has 4 nitrogen and oxygen atoms in total. The Kier molecular flexibility index (Phi) is 10.3. The fraction of sp³-hybridized carbons (Fsp3) is 0.278. The number of rotatable bonds is 7. The van der Waals surface area contributed by atoms with E-state index >= 15 is 0 Å². The first kappa shape index (κ1) is 22.4. The van der Waals surface area contributed by atoms with Gasteiger partial charge in [0.1, 0.15) is 12.4 Å². The minimum atomic E-state index is -2.49. The van der Waals surface area contributed by atoms with Gasteiger partial charge >= 0.3 is 0 Å². The van der Waals surface area contributed by atoms with Crippen LogP contribution in [-0.4, -0.2) is 26.0 Å². The molecule has 0 unspecified atom stereocenters. The van der Waals surface area contributed by atoms with E-state index in [1.165, 1.54) is 0 Å². The normalized spacial score (nSPS) is 11.0. The van der Waals surface area contributed by atoms with Crippen LogP contribution >= 0.6 is 35.6 Å². The van der Waals surface area contributed by atoms with E-state index in [2.05, 4.69) is 15.6 Å². The van der Waals surface area contributed by atoms with Gasteiger partial charge in [0.15, 0.2) is 5.96 Å². The molecule has 0 aromatic heterocycles. The lowest BCUT2D eigenvalue weighted by molar-refractivity contribution is 0.0818. The van der Waals surface area contributed by atoms with Crippen LogP contribution in [0.2, 0.25) is 5.02 Å². The van der Waals surface area contributed by atoms with Gasteiger partial charge < -0.3 is 15.4 Å². The molecular weight excluding hydrogens is 475 g/mol. The van der Waals surface area contributed by atoms with Crippen molar-refractivity contribution in [1.82, 2.24) is 10.6 Å². The maximum atomic E-state index is 12.2. The van der Waals surface area contributed by atoms with E-state index < -0.39 is 13.0 Å². The number of nitrogens with zero attached hydrogens (tertiary/aromatic N) is 1. The van der Waals surface area contributed by atoms with Crippen LogP contribution in [-0.2, 0) is 13.1 Å². The molecule has 0 aliphatic heterocycles. The Morgan fingerprint density at radius 2 is 1.73 bits per heavy atom. The average molecular weight is 496 g/mol. The first-order chi connectivity index (χ1) is 12.1. The molecule has 0 heterocycles. The van der Waals surface area contributed by atoms with E-state index in [1.807, 2.05) is 30.3 Å². The summed E-state index contributed by atoms with van der Waals surface area (Å²) in [4.78, 5) is 4.16. The number of hydrogen-bond donors (Lipinski definition) is 2. The minimum absolute atomic E-state index is 0. The summed E-state index contributed by atoms with van der Waals surface area (Å²) in [5.41, 5.74) is 1.98. The number of ether oxygens (including phenoxy) is 1. The molecule has 0 radical (unpaired) electrons. The Bertz CT molecular complexity index is 699. The quantitative estimate of drug-likeness (QED) is 0.339. The monoisotopic (exact) mass is 495 g/mol. The summed E-state index contributed by atoms with van der Waals surface area (Å²) in [5.74, 6) is 1.05. The van der Waals surface area contributed by atoms with Crippen molar-refractivity contribution in [2.24, 2.45) is 4.99 Å². The third kappa shape index (κ3) is 8.18. The molecule has 2 aromatic carbocycles. The van der Waals surface area contributed by atoms with Gasteiger partial charge in [-0.2, -0.15) is 0 Å². The van der Waals surface area contributed by atoms with Crippen LogP contribution in [0.25, 0.3) is 0 Å². The number of hydrogen-bond acceptors (Lipinski definition) is 2. The zero-order chi connectivity index (χ0) is 18.1. The SMILES string of the molecule is CN=C(NCc1ccc(Cl)cc1)NCc1cccc(OCC(F)F)c1.I. The number of benzene rings is 2. The predicted octanol–water partition coefficient (Wildman–Crippen LogP) is 4.47. The molecule has 2 rings (SSSR count). The van der Waals surface area contributed by atoms with E-state index in [0.717, 1.165) is 11.1 Å². The van der Waals surface area contributed by atoms with Gasteiger partial charge in [0.05, 0.1) is 0 Å². The van der Waals surface area contributed by atoms with E-state index in [4.69, 9.17) is 16.3 Å². The lowest BCUT2D eigenvalue weighted by atomic mass is 10.2. The molecule has 2 aromatic rings. The third-order valence-corrected chi connectivity index (χ3v) is 3.58. The van der Waals surface area contributed by atoms with Gasteiger partial charge in [0.25, 0.3) is 6.43 Å². The molecule has 0 saturated heterocycles. The molecule has 0 atom stereocenters. The van der Waals surface area contributed by atoms with E-state index in [1.54, 1.807) is 25.2 Å². The molecule has 0 bridgehead atoms. The van der Waals surface area contributed by atoms with Crippen LogP contribution in [0.5, 0.6) is 5.75 Å². The largest absolute Gasteiger partial charge is 0.488 e. The topological polar surface area (TPSA) is 45.7 Å². The second-order valence-corrected chi connectivity index (χ2v) is 5.69. The Morgan fingerprint density at radius 3 is 2.35 bits per heavy atom. The molecule has 0 fully saturated rings. The fourth-order valence-electron chi connectivity index (χ4n) is 2.10. The standard InChI is InChI=1S/C18H20ClF2N3O.HI/c1-22-18(23-10-13-5-7-15(19)8-6-13)24-11-14-3-2-4-16(9-14)25-12-17(20)21;/h2-9,17H,10-12H2,1H3,(H2,22,23,24);1H. The van der Waals surface area contributed by atoms with Crippen molar-refractivity contribution >= 4 is 41.5 Å². The highest BCUT2D eigenvalue weighted by atomic mass is 127. The van der Waals surface area contributed by atoms with Gasteiger partial charge in [-0.25, -0.2) is 8.78 Å². The van der Waals surface area contributed by atoms with Gasteiger partial charge in [0, 0.05) is 25.2 Å². The number of aliphatic imine (C=N–C) groups is 1. The Hall–Kier alpha value is -1.61. The van der Waals surface area contributed by atoms with Crippen LogP contribution in [0.1, 0.15) is 11.1 Å². The van der Waals surface area contributed by atoms with Crippen molar-refractivity contribution in [3.8, 4) is 5.75 Å². The summed E-state index contributed by atoms with van der Waals surface area (Å²) in [6.45, 7) is 0.488. The molecule has 0 aliphatic carbocycles. The highest BCUT2D eigenvalue weighted by Gasteiger charge is 2.05. The first-order valence-electron chi connectivity index (χ1n) is 7.75. The molecule has 142 valence electrons. The maximum Gasteiger partial charge on any atom is 0.272 e. The minimum Gasteiger partial charge on any atom is -0.488 e. The predicted molar refractivity (Wildman–Crippen MR) is 112 cm³/mol. The Balaban J connectivity index is 0.00000338. The number of nitrogens with one attached hydrogen (secondary N) is 2. The molecular formula is C18H21ClF2IN3O. The number of halogens is 4. The summed E-state index contributed by atoms with van der Waals surface area (Å²) >= 11 is 5.86. The second-order valence-electron chi connectivity index (χ2n) is 5.26. The van der Waals surface area contributed by atoms with Gasteiger partial charge in [-0.05, 0) is 35.4 Å². The van der Waals surface area contributed by atoms with Gasteiger partial charge in [0.2, 0.25) is 0 Å². The van der Waals surface area contributed by atoms with E-state index in [0.29, 0.717) is 29.8 Å². The van der Waals surface area contributed by atoms with E-state index in [9.17, 15) is 8.78 Å². The summed E-state index contributed by atoms with van der Waals surface area (Å²) in [7, 11) is 1.68. The van der Waals surface area contributed by atoms with Crippen molar-refractivity contribution < 1.29 is 13.5 Å². The lowest BCUT2D eigenvalue weighted by Crippen LogP contribution is -2.36. The highest BCUT2D eigenvalue weighted by molar-refractivity contribution is 14.0. The number of guanidine groups is 1. The lowest BCUT2D eigenvalue weighted by Gasteiger charge is -2.13. The third-order valence-electron chi connectivity index (χ3n) is 3.33. The zero-order valence-electron chi connectivity index (χ0n) is 14.2. The number of alkyl halides is 2. The Labute approximate surface area is 174 Å². The second kappa shape index (κ2) is 11.9. The first-order valence-corrected chi connectivity index (χ1v) is 8.13. The zero-order valence-corrected chi connectivity index (χ0v) is 17.3. The molecule has 26 heavy (non-hydrogen) atoms. The van der Waals surface area contributed by atoms with Crippen LogP contribution < -0.4 is 15.4 Å². The van der Waals surface area contributed by atoms with Crippen molar-refractivity contribution in [3.05, 3.63) is 64.7 Å². The molecule has 8 heteroatoms. The van der Waals surface area contributed by atoms with Crippen molar-refractivity contribution in [3.63, 3.8) is 0 Å². The summed E-state index contributed by atoms with van der Waals surface area (Å²) in [6.07, 6.45) is -2.49. The van der Waals surface area contributed by atoms with Crippen LogP contribution in [0.3, 0.4) is 0 Å². The Morgan fingerprint density at radius 1 is 1.08 bits per heavy atom. The molecule has 0 saturated carbocycles. The molecule has 2 N–H and O–H groups in total. The fourth-order valence-corrected chi connectivity index (χ4v) is 2.22. The summed E-state index contributed by atoms with van der Waals surface area (Å²) < 4.78 is 29.4. The van der Waals surface area contributed by atoms with Gasteiger partial charge in [-0.3, -0.25) is 4.99 Å². The van der Waals surface area contributed by atoms with E-state index in [-0.39, 0.29) is 24.0 Å². The van der Waals surface area contributed by atoms with Gasteiger partial charge in [-0.15, -0.1) is 24.0 Å². The average Bonchev–Trinajstić information content (AvgIpc) is 2.62. The summed E-state index contributed by atoms with van der Waals surface area (Å²) in [6, 6.07) is 14.6. The van der Waals surface area contributed by atoms with Crippen molar-refractivity contribution in [1.29, 1.82) is 0 Å². The highest BCUT2D eigenvalue weighted by Crippen LogP contribution is 2.14. The molecule has 0 spiro atoms.